The van der Waals surface area contributed by atoms with Crippen molar-refractivity contribution in [2.45, 2.75) is 26.2 Å². The Balaban J connectivity index is 5.12. The largest absolute Gasteiger partial charge is 0.478 e. The summed E-state index contributed by atoms with van der Waals surface area (Å²) >= 11 is 0. The minimum atomic E-state index is -1.46. The molecular formula is C10H13NO4. The van der Waals surface area contributed by atoms with Gasteiger partial charge in [0, 0.05) is 5.57 Å². The van der Waals surface area contributed by atoms with Crippen molar-refractivity contribution in [1.29, 1.82) is 5.26 Å². The van der Waals surface area contributed by atoms with Crippen molar-refractivity contribution in [1.82, 2.24) is 0 Å². The number of nitriles is 1. The zero-order valence-electron chi connectivity index (χ0n) is 8.49. The minimum absolute atomic E-state index is 0.0663. The standard InChI is InChI=1S/C10H13NO4/c1-2-3-4-7(5-11)9(10(14)15)8(13)6-12/h12H,2-4,6H2,1H3,(H,14,15). The maximum atomic E-state index is 11.1. The van der Waals surface area contributed by atoms with E-state index in [9.17, 15) is 9.59 Å². The van der Waals surface area contributed by atoms with E-state index in [2.05, 4.69) is 0 Å². The van der Waals surface area contributed by atoms with Crippen molar-refractivity contribution in [2.75, 3.05) is 6.61 Å². The third kappa shape index (κ3) is 3.92. The number of carboxylic acids is 1. The summed E-state index contributed by atoms with van der Waals surface area (Å²) in [5.41, 5.74) is -0.656. The molecule has 0 rings (SSSR count). The van der Waals surface area contributed by atoms with E-state index in [-0.39, 0.29) is 12.0 Å². The summed E-state index contributed by atoms with van der Waals surface area (Å²) in [5.74, 6) is -2.38. The summed E-state index contributed by atoms with van der Waals surface area (Å²) in [6.07, 6.45) is 1.68. The van der Waals surface area contributed by atoms with Crippen LogP contribution in [-0.4, -0.2) is 28.6 Å². The first-order valence-corrected chi connectivity index (χ1v) is 4.59. The molecule has 0 aromatic rings. The molecule has 0 saturated heterocycles. The van der Waals surface area contributed by atoms with E-state index in [0.29, 0.717) is 6.42 Å². The van der Waals surface area contributed by atoms with Crippen LogP contribution in [0.3, 0.4) is 0 Å². The van der Waals surface area contributed by atoms with Gasteiger partial charge in [-0.25, -0.2) is 4.79 Å². The second-order valence-corrected chi connectivity index (χ2v) is 2.96. The molecule has 82 valence electrons. The van der Waals surface area contributed by atoms with Gasteiger partial charge in [-0.05, 0) is 12.8 Å². The molecule has 0 spiro atoms. The molecule has 0 aromatic heterocycles. The van der Waals surface area contributed by atoms with E-state index >= 15 is 0 Å². The highest BCUT2D eigenvalue weighted by molar-refractivity contribution is 6.18. The fourth-order valence-corrected chi connectivity index (χ4v) is 1.09. The van der Waals surface area contributed by atoms with E-state index in [4.69, 9.17) is 15.5 Å². The molecule has 0 aliphatic rings. The smallest absolute Gasteiger partial charge is 0.340 e. The molecule has 0 saturated carbocycles. The third-order valence-corrected chi connectivity index (χ3v) is 1.85. The Kier molecular flexibility index (Phi) is 5.99. The zero-order valence-corrected chi connectivity index (χ0v) is 8.49. The van der Waals surface area contributed by atoms with Crippen molar-refractivity contribution in [3.05, 3.63) is 11.1 Å². The maximum Gasteiger partial charge on any atom is 0.340 e. The number of aliphatic hydroxyl groups is 1. The first kappa shape index (κ1) is 13.3. The maximum absolute atomic E-state index is 11.1. The van der Waals surface area contributed by atoms with Crippen LogP contribution >= 0.6 is 0 Å². The average molecular weight is 211 g/mol. The van der Waals surface area contributed by atoms with Gasteiger partial charge in [0.1, 0.15) is 12.2 Å². The molecule has 5 heteroatoms. The Bertz CT molecular complexity index is 325. The van der Waals surface area contributed by atoms with Crippen molar-refractivity contribution in [3.63, 3.8) is 0 Å². The molecule has 0 radical (unpaired) electrons. The number of nitrogens with zero attached hydrogens (tertiary/aromatic N) is 1. The van der Waals surface area contributed by atoms with Gasteiger partial charge in [-0.3, -0.25) is 4.79 Å². The summed E-state index contributed by atoms with van der Waals surface area (Å²) in [5, 5.41) is 26.0. The highest BCUT2D eigenvalue weighted by Gasteiger charge is 2.21. The summed E-state index contributed by atoms with van der Waals surface area (Å²) in [7, 11) is 0. The molecule has 0 aliphatic carbocycles. The lowest BCUT2D eigenvalue weighted by molar-refractivity contribution is -0.135. The summed E-state index contributed by atoms with van der Waals surface area (Å²) in [4.78, 5) is 21.8. The lowest BCUT2D eigenvalue weighted by Gasteiger charge is -2.02. The number of allylic oxidation sites excluding steroid dienone is 1. The molecule has 0 unspecified atom stereocenters. The molecule has 0 bridgehead atoms. The Morgan fingerprint density at radius 2 is 2.00 bits per heavy atom. The van der Waals surface area contributed by atoms with Crippen LogP contribution in [0.1, 0.15) is 26.2 Å². The predicted octanol–water partition coefficient (Wildman–Crippen LogP) is 0.643. The molecular weight excluding hydrogens is 198 g/mol. The Hall–Kier alpha value is -1.67. The fraction of sp³-hybridized carbons (Fsp3) is 0.500. The van der Waals surface area contributed by atoms with Crippen LogP contribution in [0.25, 0.3) is 0 Å². The normalized spacial score (nSPS) is 11.5. The number of hydrogen-bond donors (Lipinski definition) is 2. The Morgan fingerprint density at radius 3 is 2.33 bits per heavy atom. The second-order valence-electron chi connectivity index (χ2n) is 2.96. The number of ketones is 1. The van der Waals surface area contributed by atoms with Gasteiger partial charge in [-0.1, -0.05) is 13.3 Å². The van der Waals surface area contributed by atoms with Crippen LogP contribution < -0.4 is 0 Å². The monoisotopic (exact) mass is 211 g/mol. The van der Waals surface area contributed by atoms with Gasteiger partial charge in [0.25, 0.3) is 0 Å². The van der Waals surface area contributed by atoms with E-state index in [0.717, 1.165) is 6.42 Å². The molecule has 15 heavy (non-hydrogen) atoms. The highest BCUT2D eigenvalue weighted by atomic mass is 16.4. The number of carbonyl (C=O) groups excluding carboxylic acids is 1. The molecule has 0 amide bonds. The van der Waals surface area contributed by atoms with Crippen LogP contribution in [0.5, 0.6) is 0 Å². The number of unbranched alkanes of at least 4 members (excludes halogenated alkanes) is 1. The number of aliphatic carboxylic acids is 1. The number of hydrogen-bond acceptors (Lipinski definition) is 4. The fourth-order valence-electron chi connectivity index (χ4n) is 1.09. The lowest BCUT2D eigenvalue weighted by Crippen LogP contribution is -2.17. The van der Waals surface area contributed by atoms with E-state index in [1.807, 2.05) is 6.92 Å². The van der Waals surface area contributed by atoms with Gasteiger partial charge in [-0.15, -0.1) is 0 Å². The quantitative estimate of drug-likeness (QED) is 0.291. The van der Waals surface area contributed by atoms with Gasteiger partial charge in [-0.2, -0.15) is 5.26 Å². The van der Waals surface area contributed by atoms with Gasteiger partial charge < -0.3 is 10.2 Å². The summed E-state index contributed by atoms with van der Waals surface area (Å²) < 4.78 is 0. The van der Waals surface area contributed by atoms with Crippen LogP contribution in [-0.2, 0) is 9.59 Å². The molecule has 0 atom stereocenters. The molecule has 0 fully saturated rings. The summed E-state index contributed by atoms with van der Waals surface area (Å²) in [6.45, 7) is 1.00. The number of aliphatic hydroxyl groups excluding tert-OH is 1. The molecule has 0 aliphatic heterocycles. The van der Waals surface area contributed by atoms with Crippen LogP contribution in [0.2, 0.25) is 0 Å². The first-order valence-electron chi connectivity index (χ1n) is 4.59. The van der Waals surface area contributed by atoms with Crippen molar-refractivity contribution < 1.29 is 19.8 Å². The predicted molar refractivity (Wildman–Crippen MR) is 51.9 cm³/mol. The topological polar surface area (TPSA) is 98.4 Å². The number of carboxylic acid groups (broad SMARTS) is 1. The zero-order chi connectivity index (χ0) is 11.8. The van der Waals surface area contributed by atoms with Crippen molar-refractivity contribution in [2.24, 2.45) is 0 Å². The molecule has 0 aromatic carbocycles. The molecule has 2 N–H and O–H groups in total. The van der Waals surface area contributed by atoms with Crippen LogP contribution in [0.4, 0.5) is 0 Å². The minimum Gasteiger partial charge on any atom is -0.478 e. The SMILES string of the molecule is CCCCC(C#N)=C(C(=O)O)C(=O)CO. The third-order valence-electron chi connectivity index (χ3n) is 1.85. The first-order chi connectivity index (χ1) is 7.08. The van der Waals surface area contributed by atoms with Crippen molar-refractivity contribution in [3.8, 4) is 6.07 Å². The molecule has 5 nitrogen and oxygen atoms in total. The van der Waals surface area contributed by atoms with E-state index < -0.39 is 23.9 Å². The van der Waals surface area contributed by atoms with Gasteiger partial charge in [0.2, 0.25) is 0 Å². The number of Topliss-reactive ketones (excluding diaryl/α,β-unsaturated/α-hetero) is 1. The van der Waals surface area contributed by atoms with Gasteiger partial charge in [0.05, 0.1) is 6.07 Å². The van der Waals surface area contributed by atoms with Gasteiger partial charge in [0.15, 0.2) is 5.78 Å². The Labute approximate surface area is 87.6 Å². The van der Waals surface area contributed by atoms with E-state index in [1.165, 1.54) is 0 Å². The van der Waals surface area contributed by atoms with Crippen LogP contribution in [0, 0.1) is 11.3 Å². The second kappa shape index (κ2) is 6.74. The molecule has 0 heterocycles. The van der Waals surface area contributed by atoms with Gasteiger partial charge >= 0.3 is 5.97 Å². The Morgan fingerprint density at radius 1 is 1.40 bits per heavy atom. The van der Waals surface area contributed by atoms with E-state index in [1.54, 1.807) is 6.07 Å². The van der Waals surface area contributed by atoms with Crippen LogP contribution in [0.15, 0.2) is 11.1 Å². The lowest BCUT2D eigenvalue weighted by atomic mass is 10.0. The summed E-state index contributed by atoms with van der Waals surface area (Å²) in [6, 6.07) is 1.70. The number of rotatable bonds is 6. The highest BCUT2D eigenvalue weighted by Crippen LogP contribution is 2.13. The van der Waals surface area contributed by atoms with Crippen molar-refractivity contribution >= 4 is 11.8 Å². The average Bonchev–Trinajstić information content (AvgIpc) is 2.22. The number of carbonyl (C=O) groups is 2.